The standard InChI is InChI=1S/C15H28N2O2S/c1-11(2)13-8-16-14(15(3,4)5)9-17(13)12-6-7-20(18,19)10-12/h6-7,11-14,16H,8-10H2,1-5H3. The molecule has 0 aromatic rings. The van der Waals surface area contributed by atoms with Gasteiger partial charge in [-0.3, -0.25) is 4.90 Å². The van der Waals surface area contributed by atoms with Gasteiger partial charge in [-0.05, 0) is 11.3 Å². The number of sulfone groups is 1. The van der Waals surface area contributed by atoms with Gasteiger partial charge in [0.05, 0.1) is 5.75 Å². The molecule has 2 heterocycles. The van der Waals surface area contributed by atoms with Crippen molar-refractivity contribution in [3.8, 4) is 0 Å². The lowest BCUT2D eigenvalue weighted by Gasteiger charge is -2.48. The highest BCUT2D eigenvalue weighted by molar-refractivity contribution is 7.94. The smallest absolute Gasteiger partial charge is 0.173 e. The molecular formula is C15H28N2O2S. The van der Waals surface area contributed by atoms with Gasteiger partial charge in [0.15, 0.2) is 9.84 Å². The van der Waals surface area contributed by atoms with E-state index in [0.717, 1.165) is 13.1 Å². The molecule has 1 saturated heterocycles. The maximum Gasteiger partial charge on any atom is 0.173 e. The van der Waals surface area contributed by atoms with Crippen molar-refractivity contribution in [3.05, 3.63) is 11.5 Å². The number of hydrogen-bond acceptors (Lipinski definition) is 4. The van der Waals surface area contributed by atoms with E-state index in [1.54, 1.807) is 0 Å². The maximum atomic E-state index is 11.7. The summed E-state index contributed by atoms with van der Waals surface area (Å²) in [5.74, 6) is 0.757. The molecule has 0 radical (unpaired) electrons. The second-order valence-electron chi connectivity index (χ2n) is 7.56. The summed E-state index contributed by atoms with van der Waals surface area (Å²) in [5, 5.41) is 5.04. The molecule has 3 atom stereocenters. The Kier molecular flexibility index (Phi) is 4.34. The molecule has 4 nitrogen and oxygen atoms in total. The van der Waals surface area contributed by atoms with Crippen LogP contribution in [0.15, 0.2) is 11.5 Å². The minimum absolute atomic E-state index is 0.0411. The van der Waals surface area contributed by atoms with Gasteiger partial charge >= 0.3 is 0 Å². The van der Waals surface area contributed by atoms with Crippen molar-refractivity contribution in [1.29, 1.82) is 0 Å². The first-order valence-electron chi connectivity index (χ1n) is 7.50. The molecule has 2 aliphatic rings. The lowest BCUT2D eigenvalue weighted by atomic mass is 9.83. The van der Waals surface area contributed by atoms with Crippen LogP contribution in [0.4, 0.5) is 0 Å². The average molecular weight is 300 g/mol. The van der Waals surface area contributed by atoms with Crippen molar-refractivity contribution in [2.45, 2.75) is 52.7 Å². The summed E-state index contributed by atoms with van der Waals surface area (Å²) in [5.41, 5.74) is 0.182. The molecule has 116 valence electrons. The predicted octanol–water partition coefficient (Wildman–Crippen LogP) is 1.64. The molecule has 5 heteroatoms. The Hall–Kier alpha value is -0.390. The Balaban J connectivity index is 2.18. The van der Waals surface area contributed by atoms with Gasteiger partial charge in [0, 0.05) is 36.6 Å². The minimum atomic E-state index is -2.99. The second-order valence-corrected chi connectivity index (χ2v) is 9.49. The molecule has 0 spiro atoms. The Morgan fingerprint density at radius 3 is 2.40 bits per heavy atom. The van der Waals surface area contributed by atoms with Crippen LogP contribution < -0.4 is 5.32 Å². The van der Waals surface area contributed by atoms with Gasteiger partial charge in [0.1, 0.15) is 0 Å². The van der Waals surface area contributed by atoms with Gasteiger partial charge in [-0.2, -0.15) is 0 Å². The van der Waals surface area contributed by atoms with Crippen LogP contribution in [0.1, 0.15) is 34.6 Å². The zero-order valence-corrected chi connectivity index (χ0v) is 14.1. The van der Waals surface area contributed by atoms with Crippen molar-refractivity contribution >= 4 is 9.84 Å². The van der Waals surface area contributed by atoms with E-state index >= 15 is 0 Å². The average Bonchev–Trinajstić information content (AvgIpc) is 2.67. The zero-order chi connectivity index (χ0) is 15.1. The summed E-state index contributed by atoms with van der Waals surface area (Å²) >= 11 is 0. The lowest BCUT2D eigenvalue weighted by Crippen LogP contribution is -2.64. The van der Waals surface area contributed by atoms with Crippen molar-refractivity contribution < 1.29 is 8.42 Å². The zero-order valence-electron chi connectivity index (χ0n) is 13.3. The maximum absolute atomic E-state index is 11.7. The van der Waals surface area contributed by atoms with E-state index in [2.05, 4.69) is 44.8 Å². The van der Waals surface area contributed by atoms with E-state index in [9.17, 15) is 8.42 Å². The van der Waals surface area contributed by atoms with Gasteiger partial charge in [-0.25, -0.2) is 8.42 Å². The van der Waals surface area contributed by atoms with E-state index in [0.29, 0.717) is 18.0 Å². The third-order valence-corrected chi connectivity index (χ3v) is 5.92. The Labute approximate surface area is 123 Å². The van der Waals surface area contributed by atoms with Crippen LogP contribution >= 0.6 is 0 Å². The highest BCUT2D eigenvalue weighted by atomic mass is 32.2. The van der Waals surface area contributed by atoms with Crippen LogP contribution in [0.25, 0.3) is 0 Å². The first-order valence-corrected chi connectivity index (χ1v) is 9.22. The van der Waals surface area contributed by atoms with Crippen molar-refractivity contribution in [1.82, 2.24) is 10.2 Å². The van der Waals surface area contributed by atoms with Crippen LogP contribution in [0.2, 0.25) is 0 Å². The number of rotatable bonds is 2. The number of piperazine rings is 1. The Morgan fingerprint density at radius 2 is 1.95 bits per heavy atom. The molecule has 1 fully saturated rings. The van der Waals surface area contributed by atoms with Gasteiger partial charge in [0.25, 0.3) is 0 Å². The fourth-order valence-corrected chi connectivity index (χ4v) is 4.45. The topological polar surface area (TPSA) is 49.4 Å². The van der Waals surface area contributed by atoms with Crippen molar-refractivity contribution in [2.75, 3.05) is 18.8 Å². The fraction of sp³-hybridized carbons (Fsp3) is 0.867. The molecule has 1 N–H and O–H groups in total. The van der Waals surface area contributed by atoms with Crippen molar-refractivity contribution in [2.24, 2.45) is 11.3 Å². The van der Waals surface area contributed by atoms with Crippen LogP contribution in [0, 0.1) is 11.3 Å². The van der Waals surface area contributed by atoms with Crippen molar-refractivity contribution in [3.63, 3.8) is 0 Å². The largest absolute Gasteiger partial charge is 0.311 e. The van der Waals surface area contributed by atoms with Crippen LogP contribution in [-0.2, 0) is 9.84 Å². The third kappa shape index (κ3) is 3.43. The quantitative estimate of drug-likeness (QED) is 0.842. The third-order valence-electron chi connectivity index (χ3n) is 4.54. The normalized spacial score (nSPS) is 34.8. The predicted molar refractivity (Wildman–Crippen MR) is 83.3 cm³/mol. The summed E-state index contributed by atoms with van der Waals surface area (Å²) in [6, 6.07) is 0.838. The first-order chi connectivity index (χ1) is 9.10. The molecule has 2 aliphatic heterocycles. The van der Waals surface area contributed by atoms with Gasteiger partial charge in [0.2, 0.25) is 0 Å². The monoisotopic (exact) mass is 300 g/mol. The van der Waals surface area contributed by atoms with E-state index < -0.39 is 9.84 Å². The first kappa shape index (κ1) is 16.0. The molecule has 0 aromatic carbocycles. The lowest BCUT2D eigenvalue weighted by molar-refractivity contribution is 0.0495. The van der Waals surface area contributed by atoms with Gasteiger partial charge in [-0.1, -0.05) is 40.7 Å². The molecule has 2 rings (SSSR count). The molecule has 0 amide bonds. The number of nitrogens with zero attached hydrogens (tertiary/aromatic N) is 1. The number of nitrogens with one attached hydrogen (secondary N) is 1. The second kappa shape index (κ2) is 5.43. The van der Waals surface area contributed by atoms with Crippen LogP contribution in [-0.4, -0.2) is 50.3 Å². The van der Waals surface area contributed by atoms with Crippen LogP contribution in [0.5, 0.6) is 0 Å². The SMILES string of the molecule is CC(C)C1CNC(C(C)(C)C)CN1C1C=CS(=O)(=O)C1. The summed E-state index contributed by atoms with van der Waals surface area (Å²) in [4.78, 5) is 2.40. The van der Waals surface area contributed by atoms with Gasteiger partial charge in [-0.15, -0.1) is 0 Å². The molecule has 0 aromatic heterocycles. The summed E-state index contributed by atoms with van der Waals surface area (Å²) in [7, 11) is -2.99. The highest BCUT2D eigenvalue weighted by Gasteiger charge is 2.39. The Bertz CT molecular complexity index is 477. The summed E-state index contributed by atoms with van der Waals surface area (Å²) < 4.78 is 23.4. The van der Waals surface area contributed by atoms with E-state index in [1.807, 2.05) is 6.08 Å². The summed E-state index contributed by atoms with van der Waals surface area (Å²) in [6.07, 6.45) is 1.87. The molecule has 3 unspecified atom stereocenters. The Morgan fingerprint density at radius 1 is 1.30 bits per heavy atom. The van der Waals surface area contributed by atoms with E-state index in [1.165, 1.54) is 5.41 Å². The minimum Gasteiger partial charge on any atom is -0.311 e. The van der Waals surface area contributed by atoms with Crippen LogP contribution in [0.3, 0.4) is 0 Å². The molecule has 0 bridgehead atoms. The molecular weight excluding hydrogens is 272 g/mol. The van der Waals surface area contributed by atoms with E-state index in [-0.39, 0.29) is 17.2 Å². The van der Waals surface area contributed by atoms with Gasteiger partial charge < -0.3 is 5.32 Å². The molecule has 20 heavy (non-hydrogen) atoms. The molecule has 0 saturated carbocycles. The summed E-state index contributed by atoms with van der Waals surface area (Å²) in [6.45, 7) is 13.0. The van der Waals surface area contributed by atoms with E-state index in [4.69, 9.17) is 0 Å². The number of hydrogen-bond donors (Lipinski definition) is 1. The highest BCUT2D eigenvalue weighted by Crippen LogP contribution is 2.29. The fourth-order valence-electron chi connectivity index (χ4n) is 3.14. The molecule has 0 aliphatic carbocycles.